The van der Waals surface area contributed by atoms with Crippen molar-refractivity contribution in [1.29, 1.82) is 0 Å². The Bertz CT molecular complexity index is 877. The Morgan fingerprint density at radius 1 is 1.06 bits per heavy atom. The maximum Gasteiger partial charge on any atom is 0.309 e. The molecule has 0 aliphatic carbocycles. The van der Waals surface area contributed by atoms with Gasteiger partial charge in [-0.3, -0.25) is 14.6 Å². The van der Waals surface area contributed by atoms with E-state index in [1.807, 2.05) is 26.1 Å². The van der Waals surface area contributed by atoms with Gasteiger partial charge in [-0.25, -0.2) is 0 Å². The molecule has 7 nitrogen and oxygen atoms in total. The van der Waals surface area contributed by atoms with Gasteiger partial charge in [0.15, 0.2) is 0 Å². The van der Waals surface area contributed by atoms with Gasteiger partial charge >= 0.3 is 5.97 Å². The van der Waals surface area contributed by atoms with Crippen LogP contribution in [0.15, 0.2) is 33.6 Å². The highest BCUT2D eigenvalue weighted by Gasteiger charge is 2.36. The fourth-order valence-electron chi connectivity index (χ4n) is 5.24. The van der Waals surface area contributed by atoms with Crippen LogP contribution in [0.25, 0.3) is 0 Å². The number of hydrogen-bond donors (Lipinski definition) is 1. The van der Waals surface area contributed by atoms with Gasteiger partial charge in [-0.1, -0.05) is 58.2 Å². The number of aliphatic imine (C=N–C) groups is 1. The van der Waals surface area contributed by atoms with Gasteiger partial charge in [-0.15, -0.1) is 0 Å². The zero-order valence-electron chi connectivity index (χ0n) is 23.2. The monoisotopic (exact) mass is 502 g/mol. The molecule has 0 radical (unpaired) electrons. The van der Waals surface area contributed by atoms with Crippen LogP contribution in [0, 0.1) is 34.5 Å². The Hall–Kier alpha value is -2.15. The van der Waals surface area contributed by atoms with Gasteiger partial charge < -0.3 is 9.84 Å². The van der Waals surface area contributed by atoms with Crippen molar-refractivity contribution >= 4 is 17.5 Å². The molecule has 2 rings (SSSR count). The third kappa shape index (κ3) is 8.46. The van der Waals surface area contributed by atoms with Gasteiger partial charge in [-0.05, 0) is 68.9 Å². The fourth-order valence-corrected chi connectivity index (χ4v) is 5.24. The fraction of sp³-hybridized carbons (Fsp3) is 0.759. The highest BCUT2D eigenvalue weighted by atomic mass is 16.5. The Labute approximate surface area is 216 Å². The zero-order valence-corrected chi connectivity index (χ0v) is 23.2. The van der Waals surface area contributed by atoms with Crippen LogP contribution in [-0.2, 0) is 14.3 Å². The summed E-state index contributed by atoms with van der Waals surface area (Å²) in [6, 6.07) is -0.641. The SMILES string of the molecule is CC1=CN=C(/C=C(\C)[C@H]2C[C@H](C)C(C)CCC[C@H](C)[C@H](N=O)[C@@H](C)C(=O)[C@@H](C)[C@@H](O)CC(=O)O2)CC1. The average molecular weight is 503 g/mol. The lowest BCUT2D eigenvalue weighted by molar-refractivity contribution is -0.151. The summed E-state index contributed by atoms with van der Waals surface area (Å²) in [5.74, 6) is -1.52. The minimum atomic E-state index is -1.18. The lowest BCUT2D eigenvalue weighted by Gasteiger charge is -2.29. The predicted octanol–water partition coefficient (Wildman–Crippen LogP) is 6.19. The summed E-state index contributed by atoms with van der Waals surface area (Å²) in [5.41, 5.74) is 3.17. The molecule has 0 aromatic heterocycles. The van der Waals surface area contributed by atoms with E-state index in [2.05, 4.69) is 30.9 Å². The maximum absolute atomic E-state index is 13.0. The second kappa shape index (κ2) is 14.0. The smallest absolute Gasteiger partial charge is 0.309 e. The molecule has 202 valence electrons. The molecule has 7 heteroatoms. The summed E-state index contributed by atoms with van der Waals surface area (Å²) < 4.78 is 5.92. The van der Waals surface area contributed by atoms with Crippen molar-refractivity contribution in [1.82, 2.24) is 0 Å². The molecule has 8 atom stereocenters. The molecule has 1 saturated heterocycles. The molecule has 0 amide bonds. The second-order valence-corrected chi connectivity index (χ2v) is 11.4. The van der Waals surface area contributed by atoms with E-state index >= 15 is 0 Å². The third-order valence-corrected chi connectivity index (χ3v) is 8.35. The molecule has 2 aliphatic heterocycles. The van der Waals surface area contributed by atoms with E-state index in [4.69, 9.17) is 4.74 Å². The molecule has 0 aromatic rings. The van der Waals surface area contributed by atoms with Crippen LogP contribution in [0.2, 0.25) is 0 Å². The summed E-state index contributed by atoms with van der Waals surface area (Å²) in [6.45, 7) is 13.7. The molecule has 36 heavy (non-hydrogen) atoms. The predicted molar refractivity (Wildman–Crippen MR) is 144 cm³/mol. The number of ether oxygens (including phenoxy) is 1. The van der Waals surface area contributed by atoms with Crippen molar-refractivity contribution in [3.05, 3.63) is 28.3 Å². The number of carbonyl (C=O) groups is 2. The van der Waals surface area contributed by atoms with Crippen LogP contribution in [0.3, 0.4) is 0 Å². The lowest BCUT2D eigenvalue weighted by Crippen LogP contribution is -2.38. The van der Waals surface area contributed by atoms with Crippen molar-refractivity contribution in [2.24, 2.45) is 39.8 Å². The highest BCUT2D eigenvalue weighted by molar-refractivity contribution is 5.96. The summed E-state index contributed by atoms with van der Waals surface area (Å²) in [7, 11) is 0. The van der Waals surface area contributed by atoms with Gasteiger partial charge in [0.05, 0.1) is 12.5 Å². The molecule has 0 spiro atoms. The van der Waals surface area contributed by atoms with E-state index in [-0.39, 0.29) is 18.1 Å². The van der Waals surface area contributed by atoms with Crippen LogP contribution in [0.5, 0.6) is 0 Å². The number of hydrogen-bond acceptors (Lipinski definition) is 7. The largest absolute Gasteiger partial charge is 0.458 e. The first-order chi connectivity index (χ1) is 16.9. The number of ketones is 1. The first-order valence-electron chi connectivity index (χ1n) is 13.6. The van der Waals surface area contributed by atoms with Crippen LogP contribution in [0.4, 0.5) is 0 Å². The number of carbonyl (C=O) groups excluding carboxylic acids is 2. The van der Waals surface area contributed by atoms with Crippen molar-refractivity contribution in [3.8, 4) is 0 Å². The Balaban J connectivity index is 2.29. The quantitative estimate of drug-likeness (QED) is 0.366. The molecule has 2 aliphatic rings. The molecular weight excluding hydrogens is 456 g/mol. The van der Waals surface area contributed by atoms with E-state index in [1.54, 1.807) is 13.8 Å². The van der Waals surface area contributed by atoms with E-state index < -0.39 is 36.1 Å². The first-order valence-corrected chi connectivity index (χ1v) is 13.6. The summed E-state index contributed by atoms with van der Waals surface area (Å²) >= 11 is 0. The normalized spacial score (nSPS) is 36.5. The number of allylic oxidation sites excluding steroid dienone is 2. The average Bonchev–Trinajstić information content (AvgIpc) is 2.83. The minimum Gasteiger partial charge on any atom is -0.458 e. The number of nitrogens with zero attached hydrogens (tertiary/aromatic N) is 2. The lowest BCUT2D eigenvalue weighted by atomic mass is 9.79. The van der Waals surface area contributed by atoms with Gasteiger partial charge in [0, 0.05) is 23.7 Å². The zero-order chi connectivity index (χ0) is 27.0. The number of Topliss-reactive ketones (excluding diaryl/α,β-unsaturated/α-hetero) is 1. The topological polar surface area (TPSA) is 105 Å². The van der Waals surface area contributed by atoms with Crippen LogP contribution < -0.4 is 0 Å². The minimum absolute atomic E-state index is 0.0296. The molecule has 1 unspecified atom stereocenters. The van der Waals surface area contributed by atoms with E-state index in [1.165, 1.54) is 5.57 Å². The molecular formula is C29H46N2O5. The van der Waals surface area contributed by atoms with Gasteiger partial charge in [0.25, 0.3) is 0 Å². The Morgan fingerprint density at radius 3 is 2.33 bits per heavy atom. The van der Waals surface area contributed by atoms with Crippen LogP contribution in [-0.4, -0.2) is 40.8 Å². The van der Waals surface area contributed by atoms with Crippen LogP contribution >= 0.6 is 0 Å². The number of aliphatic hydroxyl groups is 1. The second-order valence-electron chi connectivity index (χ2n) is 11.4. The molecule has 0 saturated carbocycles. The summed E-state index contributed by atoms with van der Waals surface area (Å²) in [4.78, 5) is 42.1. The van der Waals surface area contributed by atoms with Crippen LogP contribution in [0.1, 0.15) is 93.4 Å². The standard InChI is InChI=1S/C29H46N2O5/c1-17-11-12-24(30-16-17)13-21(5)26-14-20(4)18(2)9-8-10-19(3)28(31-35)23(7)29(34)22(6)25(32)15-27(33)36-26/h13,16,18-20,22-23,25-26,28,32H,8-12,14-15H2,1-7H3/b21-13+/t18?,19-,20-,22-,23+,25-,26+,28-/m0/s1. The van der Waals surface area contributed by atoms with E-state index in [0.717, 1.165) is 43.4 Å². The molecule has 1 fully saturated rings. The Morgan fingerprint density at radius 2 is 1.72 bits per heavy atom. The van der Waals surface area contributed by atoms with E-state index in [9.17, 15) is 19.6 Å². The molecule has 0 aromatic carbocycles. The molecule has 2 heterocycles. The summed E-state index contributed by atoms with van der Waals surface area (Å²) in [5, 5.41) is 14.0. The van der Waals surface area contributed by atoms with Gasteiger partial charge in [0.1, 0.15) is 17.9 Å². The van der Waals surface area contributed by atoms with Crippen molar-refractivity contribution in [2.75, 3.05) is 0 Å². The van der Waals surface area contributed by atoms with Gasteiger partial charge in [0.2, 0.25) is 0 Å². The number of esters is 1. The van der Waals surface area contributed by atoms with E-state index in [0.29, 0.717) is 18.3 Å². The van der Waals surface area contributed by atoms with Crippen molar-refractivity contribution < 1.29 is 19.4 Å². The van der Waals surface area contributed by atoms with Crippen molar-refractivity contribution in [2.45, 2.75) is 112 Å². The maximum atomic E-state index is 13.0. The number of cyclic esters (lactones) is 1. The van der Waals surface area contributed by atoms with Gasteiger partial charge in [-0.2, -0.15) is 4.91 Å². The Kier molecular flexibility index (Phi) is 11.7. The number of rotatable bonds is 3. The molecule has 1 N–H and O–H groups in total. The highest BCUT2D eigenvalue weighted by Crippen LogP contribution is 2.31. The number of nitroso groups, excluding NO2 is 1. The first kappa shape index (κ1) is 30.1. The van der Waals surface area contributed by atoms with Crippen molar-refractivity contribution in [3.63, 3.8) is 0 Å². The third-order valence-electron chi connectivity index (χ3n) is 8.35. The summed E-state index contributed by atoms with van der Waals surface area (Å²) in [6.07, 6.45) is 7.26. The molecule has 0 bridgehead atoms. The number of aliphatic hydroxyl groups excluding tert-OH is 1.